The van der Waals surface area contributed by atoms with Gasteiger partial charge in [0.2, 0.25) is 0 Å². The van der Waals surface area contributed by atoms with E-state index in [1.54, 1.807) is 0 Å². The van der Waals surface area contributed by atoms with E-state index < -0.39 is 0 Å². The molecule has 1 aromatic carbocycles. The number of rotatable bonds is 2. The zero-order valence-corrected chi connectivity index (χ0v) is 11.3. The van der Waals surface area contributed by atoms with Crippen LogP contribution in [-0.2, 0) is 0 Å². The van der Waals surface area contributed by atoms with E-state index in [1.807, 2.05) is 18.8 Å². The first-order valence-corrected chi connectivity index (χ1v) is 6.73. The van der Waals surface area contributed by atoms with Crippen LogP contribution in [0.1, 0.15) is 11.1 Å². The molecule has 1 heterocycles. The van der Waals surface area contributed by atoms with Gasteiger partial charge in [0.1, 0.15) is 0 Å². The van der Waals surface area contributed by atoms with Crippen molar-refractivity contribution in [2.24, 2.45) is 0 Å². The molecule has 2 rings (SSSR count). The molecule has 1 unspecified atom stereocenters. The number of thioether (sulfide) groups is 1. The first kappa shape index (κ1) is 11.8. The van der Waals surface area contributed by atoms with Gasteiger partial charge in [0, 0.05) is 24.2 Å². The van der Waals surface area contributed by atoms with Gasteiger partial charge in [-0.25, -0.2) is 0 Å². The predicted molar refractivity (Wildman–Crippen MR) is 72.8 cm³/mol. The molecule has 1 atom stereocenters. The second kappa shape index (κ2) is 4.68. The van der Waals surface area contributed by atoms with Crippen molar-refractivity contribution in [3.05, 3.63) is 23.3 Å². The molecule has 3 heteroatoms. The van der Waals surface area contributed by atoms with Crippen LogP contribution in [0.5, 0.6) is 0 Å². The van der Waals surface area contributed by atoms with Gasteiger partial charge in [-0.1, -0.05) is 0 Å². The van der Waals surface area contributed by atoms with Gasteiger partial charge in [-0.3, -0.25) is 0 Å². The predicted octanol–water partition coefficient (Wildman–Crippen LogP) is 2.43. The van der Waals surface area contributed by atoms with E-state index in [1.165, 1.54) is 27.5 Å². The van der Waals surface area contributed by atoms with Gasteiger partial charge < -0.3 is 10.2 Å². The van der Waals surface area contributed by atoms with Gasteiger partial charge in [-0.15, -0.1) is 11.8 Å². The van der Waals surface area contributed by atoms with Crippen LogP contribution < -0.4 is 10.2 Å². The molecular formula is C13H20N2S. The second-order valence-corrected chi connectivity index (χ2v) is 5.60. The molecule has 1 aromatic rings. The molecule has 2 nitrogen and oxygen atoms in total. The fraction of sp³-hybridized carbons (Fsp3) is 0.538. The fourth-order valence-electron chi connectivity index (χ4n) is 2.09. The van der Waals surface area contributed by atoms with Gasteiger partial charge in [-0.2, -0.15) is 0 Å². The maximum absolute atomic E-state index is 3.27. The third-order valence-electron chi connectivity index (χ3n) is 3.37. The van der Waals surface area contributed by atoms with Gasteiger partial charge in [-0.05, 0) is 44.2 Å². The Kier molecular flexibility index (Phi) is 3.45. The lowest BCUT2D eigenvalue weighted by atomic mass is 10.1. The van der Waals surface area contributed by atoms with Crippen LogP contribution in [0.2, 0.25) is 0 Å². The average Bonchev–Trinajstić information content (AvgIpc) is 2.26. The Morgan fingerprint density at radius 3 is 2.75 bits per heavy atom. The van der Waals surface area contributed by atoms with Crippen molar-refractivity contribution in [3.8, 4) is 0 Å². The maximum atomic E-state index is 3.27. The first-order valence-electron chi connectivity index (χ1n) is 5.75. The van der Waals surface area contributed by atoms with Crippen LogP contribution in [0, 0.1) is 13.8 Å². The molecule has 0 amide bonds. The topological polar surface area (TPSA) is 15.3 Å². The molecule has 1 aliphatic rings. The largest absolute Gasteiger partial charge is 0.369 e. The van der Waals surface area contributed by atoms with Crippen molar-refractivity contribution in [3.63, 3.8) is 0 Å². The molecule has 1 N–H and O–H groups in total. The standard InChI is InChI=1S/C13H20N2S/c1-9-5-12-13(6-10(9)2)16-8-11(7-14-3)15(12)4/h5-6,11,14H,7-8H2,1-4H3. The molecule has 0 saturated carbocycles. The van der Waals surface area contributed by atoms with Gasteiger partial charge in [0.15, 0.2) is 0 Å². The smallest absolute Gasteiger partial charge is 0.0507 e. The quantitative estimate of drug-likeness (QED) is 0.849. The maximum Gasteiger partial charge on any atom is 0.0507 e. The van der Waals surface area contributed by atoms with Crippen LogP contribution in [0.3, 0.4) is 0 Å². The van der Waals surface area contributed by atoms with Crippen molar-refractivity contribution in [1.82, 2.24) is 5.32 Å². The second-order valence-electron chi connectivity index (χ2n) is 4.54. The molecule has 0 spiro atoms. The Bertz CT molecular complexity index is 390. The minimum absolute atomic E-state index is 0.601. The molecule has 0 aromatic heterocycles. The Hall–Kier alpha value is -0.670. The SMILES string of the molecule is CNCC1CSc2cc(C)c(C)cc2N1C. The van der Waals surface area contributed by atoms with Crippen LogP contribution in [0.25, 0.3) is 0 Å². The number of aryl methyl sites for hydroxylation is 2. The number of nitrogens with one attached hydrogen (secondary N) is 1. The highest BCUT2D eigenvalue weighted by Gasteiger charge is 2.23. The molecule has 0 aliphatic carbocycles. The number of fused-ring (bicyclic) bond motifs is 1. The highest BCUT2D eigenvalue weighted by molar-refractivity contribution is 7.99. The summed E-state index contributed by atoms with van der Waals surface area (Å²) in [6.45, 7) is 5.43. The zero-order chi connectivity index (χ0) is 11.7. The lowest BCUT2D eigenvalue weighted by molar-refractivity contribution is 0.629. The van der Waals surface area contributed by atoms with Crippen LogP contribution in [0.4, 0.5) is 5.69 Å². The Labute approximate surface area is 102 Å². The molecule has 0 fully saturated rings. The summed E-state index contributed by atoms with van der Waals surface area (Å²) in [6.07, 6.45) is 0. The van der Waals surface area contributed by atoms with Crippen molar-refractivity contribution < 1.29 is 0 Å². The third-order valence-corrected chi connectivity index (χ3v) is 4.56. The minimum Gasteiger partial charge on any atom is -0.369 e. The summed E-state index contributed by atoms with van der Waals surface area (Å²) in [5.41, 5.74) is 4.17. The minimum atomic E-state index is 0.601. The van der Waals surface area contributed by atoms with Crippen molar-refractivity contribution >= 4 is 17.4 Å². The monoisotopic (exact) mass is 236 g/mol. The van der Waals surface area contributed by atoms with E-state index in [4.69, 9.17) is 0 Å². The van der Waals surface area contributed by atoms with E-state index >= 15 is 0 Å². The van der Waals surface area contributed by atoms with Gasteiger partial charge in [0.05, 0.1) is 11.7 Å². The highest BCUT2D eigenvalue weighted by Crippen LogP contribution is 2.38. The zero-order valence-electron chi connectivity index (χ0n) is 10.5. The number of nitrogens with zero attached hydrogens (tertiary/aromatic N) is 1. The fourth-order valence-corrected chi connectivity index (χ4v) is 3.42. The summed E-state index contributed by atoms with van der Waals surface area (Å²) in [7, 11) is 4.23. The lowest BCUT2D eigenvalue weighted by Gasteiger charge is -2.36. The van der Waals surface area contributed by atoms with E-state index in [9.17, 15) is 0 Å². The Morgan fingerprint density at radius 1 is 1.38 bits per heavy atom. The highest BCUT2D eigenvalue weighted by atomic mass is 32.2. The summed E-state index contributed by atoms with van der Waals surface area (Å²) >= 11 is 1.98. The molecular weight excluding hydrogens is 216 g/mol. The lowest BCUT2D eigenvalue weighted by Crippen LogP contribution is -2.43. The molecule has 1 aliphatic heterocycles. The number of hydrogen-bond donors (Lipinski definition) is 1. The average molecular weight is 236 g/mol. The van der Waals surface area contributed by atoms with Crippen LogP contribution >= 0.6 is 11.8 Å². The van der Waals surface area contributed by atoms with E-state index in [0.29, 0.717) is 6.04 Å². The number of anilines is 1. The molecule has 0 bridgehead atoms. The van der Waals surface area contributed by atoms with Crippen molar-refractivity contribution in [2.75, 3.05) is 31.3 Å². The van der Waals surface area contributed by atoms with E-state index in [2.05, 4.69) is 43.2 Å². The van der Waals surface area contributed by atoms with Gasteiger partial charge in [0.25, 0.3) is 0 Å². The third kappa shape index (κ3) is 2.06. The Morgan fingerprint density at radius 2 is 2.06 bits per heavy atom. The summed E-state index contributed by atoms with van der Waals surface area (Å²) < 4.78 is 0. The van der Waals surface area contributed by atoms with E-state index in [0.717, 1.165) is 6.54 Å². The first-order chi connectivity index (χ1) is 7.63. The summed E-state index contributed by atoms with van der Waals surface area (Å²) in [5, 5.41) is 3.27. The molecule has 16 heavy (non-hydrogen) atoms. The number of benzene rings is 1. The Balaban J connectivity index is 2.33. The molecule has 88 valence electrons. The van der Waals surface area contributed by atoms with E-state index in [-0.39, 0.29) is 0 Å². The summed E-state index contributed by atoms with van der Waals surface area (Å²) in [5.74, 6) is 1.17. The summed E-state index contributed by atoms with van der Waals surface area (Å²) in [4.78, 5) is 3.84. The van der Waals surface area contributed by atoms with Gasteiger partial charge >= 0.3 is 0 Å². The number of hydrogen-bond acceptors (Lipinski definition) is 3. The van der Waals surface area contributed by atoms with Crippen molar-refractivity contribution in [2.45, 2.75) is 24.8 Å². The van der Waals surface area contributed by atoms with Crippen LogP contribution in [-0.4, -0.2) is 32.4 Å². The van der Waals surface area contributed by atoms with Crippen molar-refractivity contribution in [1.29, 1.82) is 0 Å². The molecule has 0 radical (unpaired) electrons. The van der Waals surface area contributed by atoms with Crippen LogP contribution in [0.15, 0.2) is 17.0 Å². The number of likely N-dealkylation sites (N-methyl/N-ethyl adjacent to an activating group) is 2. The molecule has 0 saturated heterocycles. The summed E-state index contributed by atoms with van der Waals surface area (Å²) in [6, 6.07) is 5.24. The normalized spacial score (nSPS) is 19.8.